The van der Waals surface area contributed by atoms with Crippen LogP contribution in [-0.2, 0) is 0 Å². The monoisotopic (exact) mass is 118 g/mol. The van der Waals surface area contributed by atoms with Crippen LogP contribution in [0.5, 0.6) is 0 Å². The largest absolute Gasteiger partial charge is 0.333 e. The van der Waals surface area contributed by atoms with Gasteiger partial charge in [0.05, 0.1) is 0 Å². The van der Waals surface area contributed by atoms with Crippen molar-refractivity contribution in [2.24, 2.45) is 5.73 Å². The molecule has 0 atom stereocenters. The second-order valence-electron chi connectivity index (χ2n) is 1.56. The minimum absolute atomic E-state index is 0.126. The molecule has 0 rings (SSSR count). The summed E-state index contributed by atoms with van der Waals surface area (Å²) in [6.45, 7) is 6.89. The average Bonchev–Trinajstić information content (AvgIpc) is 1.73. The van der Waals surface area contributed by atoms with Gasteiger partial charge in [-0.05, 0) is 7.05 Å². The maximum atomic E-state index is 4.50. The zero-order valence-corrected chi connectivity index (χ0v) is 6.78. The highest BCUT2D eigenvalue weighted by Gasteiger charge is 1.83. The smallest absolute Gasteiger partial charge is 0.0410 e. The van der Waals surface area contributed by atoms with Crippen molar-refractivity contribution in [1.29, 1.82) is 0 Å². The van der Waals surface area contributed by atoms with Crippen molar-refractivity contribution in [3.8, 4) is 0 Å². The molecule has 0 saturated heterocycles. The Kier molecular flexibility index (Phi) is 13.8. The topological polar surface area (TPSA) is 26.0 Å². The molecule has 2 N–H and O–H groups in total. The van der Waals surface area contributed by atoms with Crippen molar-refractivity contribution in [2.75, 3.05) is 7.05 Å². The van der Waals surface area contributed by atoms with Gasteiger partial charge in [0.25, 0.3) is 0 Å². The Hall–Kier alpha value is 0.177. The summed E-state index contributed by atoms with van der Waals surface area (Å²) in [7, 11) is 1.63. The van der Waals surface area contributed by atoms with Gasteiger partial charge in [0, 0.05) is 8.80 Å². The minimum Gasteiger partial charge on any atom is -0.333 e. The highest BCUT2D eigenvalue weighted by Crippen LogP contribution is 1.83. The summed E-state index contributed by atoms with van der Waals surface area (Å²) < 4.78 is 0. The third-order valence-corrected chi connectivity index (χ3v) is 2.12. The van der Waals surface area contributed by atoms with Gasteiger partial charge in [0.15, 0.2) is 0 Å². The molecule has 0 amide bonds. The van der Waals surface area contributed by atoms with E-state index in [1.165, 1.54) is 13.1 Å². The first-order valence-corrected chi connectivity index (χ1v) is 5.35. The second-order valence-corrected chi connectivity index (χ2v) is 4.68. The van der Waals surface area contributed by atoms with Crippen LogP contribution in [0, 0.1) is 0 Å². The molecule has 0 aromatic heterocycles. The van der Waals surface area contributed by atoms with Crippen LogP contribution in [0.15, 0.2) is 0 Å². The molecule has 0 aromatic rings. The molecule has 0 saturated carbocycles. The molecule has 1 nitrogen and oxygen atoms in total. The number of hydrogen-bond donors (Lipinski definition) is 1. The Morgan fingerprint density at radius 2 is 1.43 bits per heavy atom. The van der Waals surface area contributed by atoms with Gasteiger partial charge in [0.2, 0.25) is 0 Å². The maximum Gasteiger partial charge on any atom is 0.0410 e. The van der Waals surface area contributed by atoms with Crippen molar-refractivity contribution in [3.05, 3.63) is 0 Å². The minimum atomic E-state index is 0.126. The third-order valence-electron chi connectivity index (χ3n) is 0.707. The highest BCUT2D eigenvalue weighted by molar-refractivity contribution is 6.55. The van der Waals surface area contributed by atoms with Crippen LogP contribution in [0.25, 0.3) is 0 Å². The lowest BCUT2D eigenvalue weighted by Gasteiger charge is -1.87. The van der Waals surface area contributed by atoms with Crippen molar-refractivity contribution >= 4 is 8.80 Å². The molecule has 0 aliphatic heterocycles. The average molecular weight is 118 g/mol. The van der Waals surface area contributed by atoms with Gasteiger partial charge in [-0.3, -0.25) is 0 Å². The molecule has 0 bridgehead atoms. The quantitative estimate of drug-likeness (QED) is 0.517. The fourth-order valence-corrected chi connectivity index (χ4v) is 0. The van der Waals surface area contributed by atoms with Crippen LogP contribution < -0.4 is 5.73 Å². The molecule has 0 fully saturated rings. The maximum absolute atomic E-state index is 4.50. The summed E-state index contributed by atoms with van der Waals surface area (Å²) in [6.07, 6.45) is 0. The van der Waals surface area contributed by atoms with E-state index < -0.39 is 0 Å². The summed E-state index contributed by atoms with van der Waals surface area (Å²) in [6, 6.07) is 1.41. The predicted octanol–water partition coefficient (Wildman–Crippen LogP) is 1.34. The zero-order valence-electron chi connectivity index (χ0n) is 5.78. The summed E-state index contributed by atoms with van der Waals surface area (Å²) in [5, 5.41) is 0. The Bertz CT molecular complexity index is 22.0. The number of rotatable bonds is 1. The Labute approximate surface area is 48.5 Å². The lowest BCUT2D eigenvalue weighted by molar-refractivity contribution is 1.41. The Morgan fingerprint density at radius 1 is 1.29 bits per heavy atom. The van der Waals surface area contributed by atoms with Crippen molar-refractivity contribution < 1.29 is 0 Å². The first-order chi connectivity index (χ1) is 3.27. The van der Waals surface area contributed by atoms with Crippen LogP contribution in [0.2, 0.25) is 19.1 Å². The first kappa shape index (κ1) is 10.2. The number of nitrogens with two attached hydrogens (primary N) is 1. The van der Waals surface area contributed by atoms with E-state index in [0.717, 1.165) is 0 Å². The standard InChI is InChI=1S/C4H11Si.CH5N/c1-4-5(2)3;1-2/h4H2,1-3H3;2H2,1H3. The predicted molar refractivity (Wildman–Crippen MR) is 38.1 cm³/mol. The van der Waals surface area contributed by atoms with Crippen LogP contribution in [0.4, 0.5) is 0 Å². The Balaban J connectivity index is 0. The summed E-state index contributed by atoms with van der Waals surface area (Å²) in [4.78, 5) is 0. The van der Waals surface area contributed by atoms with E-state index in [9.17, 15) is 0 Å². The van der Waals surface area contributed by atoms with E-state index in [1.807, 2.05) is 0 Å². The summed E-state index contributed by atoms with van der Waals surface area (Å²) in [5.41, 5.74) is 4.50. The van der Waals surface area contributed by atoms with Gasteiger partial charge in [-0.15, -0.1) is 0 Å². The second kappa shape index (κ2) is 9.49. The molecule has 1 radical (unpaired) electrons. The molecule has 7 heavy (non-hydrogen) atoms. The van der Waals surface area contributed by atoms with E-state index in [0.29, 0.717) is 0 Å². The Morgan fingerprint density at radius 3 is 1.43 bits per heavy atom. The van der Waals surface area contributed by atoms with Crippen molar-refractivity contribution in [1.82, 2.24) is 0 Å². The molecule has 0 aromatic carbocycles. The molecule has 45 valence electrons. The van der Waals surface area contributed by atoms with Crippen LogP contribution in [0.3, 0.4) is 0 Å². The van der Waals surface area contributed by atoms with Gasteiger partial charge in [-0.25, -0.2) is 0 Å². The first-order valence-electron chi connectivity index (χ1n) is 2.64. The van der Waals surface area contributed by atoms with Crippen LogP contribution >= 0.6 is 0 Å². The molecular formula is C5H16NSi. The van der Waals surface area contributed by atoms with Crippen molar-refractivity contribution in [3.63, 3.8) is 0 Å². The van der Waals surface area contributed by atoms with E-state index in [2.05, 4.69) is 25.8 Å². The highest BCUT2D eigenvalue weighted by atomic mass is 28.3. The molecule has 2 heteroatoms. The fraction of sp³-hybridized carbons (Fsp3) is 1.00. The SMILES string of the molecule is CC[Si](C)C.CN. The third kappa shape index (κ3) is 22.7. The van der Waals surface area contributed by atoms with E-state index in [4.69, 9.17) is 0 Å². The number of hydrogen-bond acceptors (Lipinski definition) is 1. The van der Waals surface area contributed by atoms with Gasteiger partial charge < -0.3 is 5.73 Å². The van der Waals surface area contributed by atoms with Crippen LogP contribution in [-0.4, -0.2) is 15.8 Å². The van der Waals surface area contributed by atoms with Gasteiger partial charge in [-0.1, -0.05) is 26.1 Å². The van der Waals surface area contributed by atoms with Gasteiger partial charge in [-0.2, -0.15) is 0 Å². The van der Waals surface area contributed by atoms with Gasteiger partial charge in [0.1, 0.15) is 0 Å². The molecular weight excluding hydrogens is 102 g/mol. The molecule has 0 heterocycles. The van der Waals surface area contributed by atoms with E-state index in [1.54, 1.807) is 0 Å². The molecule has 0 aliphatic rings. The molecule has 0 aliphatic carbocycles. The van der Waals surface area contributed by atoms with Crippen LogP contribution in [0.1, 0.15) is 6.92 Å². The van der Waals surface area contributed by atoms with E-state index >= 15 is 0 Å². The van der Waals surface area contributed by atoms with Gasteiger partial charge >= 0.3 is 0 Å². The summed E-state index contributed by atoms with van der Waals surface area (Å²) in [5.74, 6) is 0. The van der Waals surface area contributed by atoms with Crippen molar-refractivity contribution in [2.45, 2.75) is 26.1 Å². The molecule has 0 unspecified atom stereocenters. The lowest BCUT2D eigenvalue weighted by Crippen LogP contribution is -1.92. The normalized spacial score (nSPS) is 7.71. The zero-order chi connectivity index (χ0) is 6.28. The van der Waals surface area contributed by atoms with E-state index in [-0.39, 0.29) is 8.80 Å². The lowest BCUT2D eigenvalue weighted by atomic mass is 11.0. The summed E-state index contributed by atoms with van der Waals surface area (Å²) >= 11 is 0. The molecule has 0 spiro atoms. The fourth-order valence-electron chi connectivity index (χ4n) is 0.